The van der Waals surface area contributed by atoms with Crippen LogP contribution >= 0.6 is 0 Å². The van der Waals surface area contributed by atoms with Gasteiger partial charge in [0, 0.05) is 25.6 Å². The van der Waals surface area contributed by atoms with Crippen molar-refractivity contribution in [3.8, 4) is 11.5 Å². The van der Waals surface area contributed by atoms with Gasteiger partial charge in [0.05, 0.1) is 6.54 Å². The Morgan fingerprint density at radius 1 is 1.28 bits per heavy atom. The smallest absolute Gasteiger partial charge is 0.247 e. The quantitative estimate of drug-likeness (QED) is 0.855. The van der Waals surface area contributed by atoms with Crippen molar-refractivity contribution >= 4 is 5.91 Å². The lowest BCUT2D eigenvalue weighted by molar-refractivity contribution is -0.126. The summed E-state index contributed by atoms with van der Waals surface area (Å²) in [6.07, 6.45) is 2.68. The van der Waals surface area contributed by atoms with Crippen molar-refractivity contribution in [2.24, 2.45) is 5.41 Å². The number of halogens is 1. The van der Waals surface area contributed by atoms with Gasteiger partial charge < -0.3 is 9.32 Å². The Kier molecular flexibility index (Phi) is 4.03. The molecule has 7 heteroatoms. The van der Waals surface area contributed by atoms with E-state index in [1.54, 1.807) is 12.1 Å². The van der Waals surface area contributed by atoms with Crippen molar-refractivity contribution < 1.29 is 13.6 Å². The second-order valence-electron chi connectivity index (χ2n) is 7.21. The first-order valence-corrected chi connectivity index (χ1v) is 8.58. The SMILES string of the molecule is CN1CC2(CCN(Cc3nnc(-c4cccc(F)c4)o3)CC2)CC1=O. The van der Waals surface area contributed by atoms with Gasteiger partial charge in [0.2, 0.25) is 17.7 Å². The lowest BCUT2D eigenvalue weighted by Gasteiger charge is -2.38. The van der Waals surface area contributed by atoms with Crippen LogP contribution in [0.2, 0.25) is 0 Å². The van der Waals surface area contributed by atoms with Crippen LogP contribution in [0.25, 0.3) is 11.5 Å². The molecular formula is C18H21FN4O2. The number of aromatic nitrogens is 2. The standard InChI is InChI=1S/C18H21FN4O2/c1-22-12-18(10-16(22)24)5-7-23(8-6-18)11-15-20-21-17(25-15)13-3-2-4-14(19)9-13/h2-4,9H,5-8,10-12H2,1H3. The topological polar surface area (TPSA) is 62.5 Å². The molecule has 2 saturated heterocycles. The number of piperidine rings is 1. The van der Waals surface area contributed by atoms with Crippen LogP contribution in [0.5, 0.6) is 0 Å². The lowest BCUT2D eigenvalue weighted by atomic mass is 9.77. The Hall–Kier alpha value is -2.28. The molecule has 2 aromatic rings. The van der Waals surface area contributed by atoms with E-state index in [2.05, 4.69) is 15.1 Å². The van der Waals surface area contributed by atoms with E-state index in [4.69, 9.17) is 4.42 Å². The van der Waals surface area contributed by atoms with Crippen molar-refractivity contribution in [3.05, 3.63) is 36.0 Å². The molecule has 0 bridgehead atoms. The molecule has 132 valence electrons. The first kappa shape index (κ1) is 16.2. The normalized spacial score (nSPS) is 20.6. The van der Waals surface area contributed by atoms with Gasteiger partial charge in [0.25, 0.3) is 0 Å². The van der Waals surface area contributed by atoms with E-state index in [9.17, 15) is 9.18 Å². The Balaban J connectivity index is 1.37. The van der Waals surface area contributed by atoms with Gasteiger partial charge in [0.15, 0.2) is 0 Å². The van der Waals surface area contributed by atoms with Gasteiger partial charge in [0.1, 0.15) is 5.82 Å². The minimum absolute atomic E-state index is 0.143. The largest absolute Gasteiger partial charge is 0.419 e. The zero-order valence-electron chi connectivity index (χ0n) is 14.2. The highest BCUT2D eigenvalue weighted by Gasteiger charge is 2.43. The van der Waals surface area contributed by atoms with Crippen LogP contribution in [-0.2, 0) is 11.3 Å². The molecule has 2 aliphatic rings. The fourth-order valence-electron chi connectivity index (χ4n) is 3.87. The van der Waals surface area contributed by atoms with E-state index in [0.717, 1.165) is 32.5 Å². The highest BCUT2D eigenvalue weighted by Crippen LogP contribution is 2.40. The maximum Gasteiger partial charge on any atom is 0.247 e. The maximum absolute atomic E-state index is 13.3. The summed E-state index contributed by atoms with van der Waals surface area (Å²) in [5.74, 6) is 0.806. The van der Waals surface area contributed by atoms with E-state index >= 15 is 0 Å². The number of rotatable bonds is 3. The van der Waals surface area contributed by atoms with Crippen molar-refractivity contribution in [3.63, 3.8) is 0 Å². The van der Waals surface area contributed by atoms with Crippen LogP contribution in [0.15, 0.2) is 28.7 Å². The molecule has 0 atom stereocenters. The predicted octanol–water partition coefficient (Wildman–Crippen LogP) is 2.32. The molecule has 25 heavy (non-hydrogen) atoms. The van der Waals surface area contributed by atoms with Crippen molar-refractivity contribution in [1.82, 2.24) is 20.0 Å². The number of nitrogens with zero attached hydrogens (tertiary/aromatic N) is 4. The molecule has 2 aliphatic heterocycles. The molecule has 2 fully saturated rings. The molecule has 0 N–H and O–H groups in total. The average Bonchev–Trinajstić information content (AvgIpc) is 3.15. The zero-order valence-corrected chi connectivity index (χ0v) is 14.2. The number of likely N-dealkylation sites (tertiary alicyclic amines) is 2. The number of benzene rings is 1. The van der Waals surface area contributed by atoms with Gasteiger partial charge in [-0.3, -0.25) is 9.69 Å². The van der Waals surface area contributed by atoms with Crippen LogP contribution < -0.4 is 0 Å². The van der Waals surface area contributed by atoms with Crippen molar-refractivity contribution in [1.29, 1.82) is 0 Å². The fraction of sp³-hybridized carbons (Fsp3) is 0.500. The second-order valence-corrected chi connectivity index (χ2v) is 7.21. The molecule has 1 aromatic carbocycles. The summed E-state index contributed by atoms with van der Waals surface area (Å²) in [4.78, 5) is 16.0. The van der Waals surface area contributed by atoms with E-state index in [1.807, 2.05) is 11.9 Å². The zero-order chi connectivity index (χ0) is 17.4. The fourth-order valence-corrected chi connectivity index (χ4v) is 3.87. The van der Waals surface area contributed by atoms with Gasteiger partial charge in [-0.1, -0.05) is 6.07 Å². The average molecular weight is 344 g/mol. The molecule has 1 amide bonds. The first-order chi connectivity index (χ1) is 12.0. The molecule has 0 aliphatic carbocycles. The second kappa shape index (κ2) is 6.22. The summed E-state index contributed by atoms with van der Waals surface area (Å²) in [6.45, 7) is 3.28. The summed E-state index contributed by atoms with van der Waals surface area (Å²) < 4.78 is 19.0. The van der Waals surface area contributed by atoms with Crippen molar-refractivity contribution in [2.45, 2.75) is 25.8 Å². The molecule has 4 rings (SSSR count). The summed E-state index contributed by atoms with van der Waals surface area (Å²) in [5, 5.41) is 8.11. The lowest BCUT2D eigenvalue weighted by Crippen LogP contribution is -2.40. The molecule has 1 aromatic heterocycles. The van der Waals surface area contributed by atoms with Crippen molar-refractivity contribution in [2.75, 3.05) is 26.7 Å². The van der Waals surface area contributed by atoms with Crippen LogP contribution in [0.3, 0.4) is 0 Å². The number of carbonyl (C=O) groups is 1. The van der Waals surface area contributed by atoms with Gasteiger partial charge in [-0.25, -0.2) is 4.39 Å². The van der Waals surface area contributed by atoms with Crippen LogP contribution in [-0.4, -0.2) is 52.6 Å². The Morgan fingerprint density at radius 2 is 2.08 bits per heavy atom. The summed E-state index contributed by atoms with van der Waals surface area (Å²) in [7, 11) is 1.88. The van der Waals surface area contributed by atoms with Gasteiger partial charge in [-0.15, -0.1) is 10.2 Å². The highest BCUT2D eigenvalue weighted by molar-refractivity contribution is 5.79. The predicted molar refractivity (Wildman–Crippen MR) is 88.9 cm³/mol. The third-order valence-electron chi connectivity index (χ3n) is 5.34. The highest BCUT2D eigenvalue weighted by atomic mass is 19.1. The summed E-state index contributed by atoms with van der Waals surface area (Å²) >= 11 is 0. The minimum atomic E-state index is -0.324. The summed E-state index contributed by atoms with van der Waals surface area (Å²) in [6, 6.07) is 6.14. The van der Waals surface area contributed by atoms with E-state index < -0.39 is 0 Å². The van der Waals surface area contributed by atoms with E-state index in [1.165, 1.54) is 12.1 Å². The van der Waals surface area contributed by atoms with Gasteiger partial charge in [-0.2, -0.15) is 0 Å². The molecule has 6 nitrogen and oxygen atoms in total. The van der Waals surface area contributed by atoms with Gasteiger partial charge >= 0.3 is 0 Å². The van der Waals surface area contributed by atoms with Crippen LogP contribution in [0, 0.1) is 11.2 Å². The Morgan fingerprint density at radius 3 is 2.76 bits per heavy atom. The number of hydrogen-bond donors (Lipinski definition) is 0. The van der Waals surface area contributed by atoms with E-state index in [-0.39, 0.29) is 17.1 Å². The van der Waals surface area contributed by atoms with E-state index in [0.29, 0.717) is 30.3 Å². The molecule has 0 unspecified atom stereocenters. The number of hydrogen-bond acceptors (Lipinski definition) is 5. The summed E-state index contributed by atoms with van der Waals surface area (Å²) in [5.41, 5.74) is 0.730. The molecule has 0 saturated carbocycles. The molecular weight excluding hydrogens is 323 g/mol. The number of carbonyl (C=O) groups excluding carboxylic acids is 1. The monoisotopic (exact) mass is 344 g/mol. The molecule has 3 heterocycles. The molecule has 0 radical (unpaired) electrons. The Bertz CT molecular complexity index is 783. The third kappa shape index (κ3) is 3.28. The van der Waals surface area contributed by atoms with Gasteiger partial charge in [-0.05, 0) is 49.5 Å². The van der Waals surface area contributed by atoms with Crippen LogP contribution in [0.4, 0.5) is 4.39 Å². The minimum Gasteiger partial charge on any atom is -0.419 e. The molecule has 1 spiro atoms. The maximum atomic E-state index is 13.3. The van der Waals surface area contributed by atoms with Crippen LogP contribution in [0.1, 0.15) is 25.2 Å². The Labute approximate surface area is 145 Å². The number of amides is 1. The third-order valence-corrected chi connectivity index (χ3v) is 5.34. The first-order valence-electron chi connectivity index (χ1n) is 8.58.